The molecule has 1 heteroatoms. The molecule has 0 radical (unpaired) electrons. The van der Waals surface area contributed by atoms with Crippen molar-refractivity contribution in [2.75, 3.05) is 6.54 Å². The van der Waals surface area contributed by atoms with Crippen molar-refractivity contribution in [3.8, 4) is 0 Å². The van der Waals surface area contributed by atoms with Crippen molar-refractivity contribution in [1.29, 1.82) is 0 Å². The standard InChI is InChI=1S/C20H27N/c1-5-20(3,4)18-14-12-17(13-15-18)19(21-6-2)16-10-8-7-9-11-16/h7-15,19,21H,5-6H2,1-4H3. The summed E-state index contributed by atoms with van der Waals surface area (Å²) in [6.07, 6.45) is 1.15. The lowest BCUT2D eigenvalue weighted by Gasteiger charge is -2.25. The molecule has 0 aliphatic rings. The minimum absolute atomic E-state index is 0.249. The third-order valence-corrected chi connectivity index (χ3v) is 4.45. The van der Waals surface area contributed by atoms with Gasteiger partial charge in [0.05, 0.1) is 6.04 Å². The highest BCUT2D eigenvalue weighted by Gasteiger charge is 2.19. The van der Waals surface area contributed by atoms with Crippen LogP contribution in [-0.4, -0.2) is 6.54 Å². The van der Waals surface area contributed by atoms with Crippen LogP contribution in [0.3, 0.4) is 0 Å². The van der Waals surface area contributed by atoms with E-state index >= 15 is 0 Å². The molecule has 0 saturated carbocycles. The quantitative estimate of drug-likeness (QED) is 0.779. The number of hydrogen-bond acceptors (Lipinski definition) is 1. The summed E-state index contributed by atoms with van der Waals surface area (Å²) in [6, 6.07) is 20.0. The molecule has 1 N–H and O–H groups in total. The number of rotatable bonds is 6. The van der Waals surface area contributed by atoms with Crippen LogP contribution in [0.15, 0.2) is 54.6 Å². The van der Waals surface area contributed by atoms with Crippen LogP contribution in [0.1, 0.15) is 56.8 Å². The summed E-state index contributed by atoms with van der Waals surface area (Å²) in [5.74, 6) is 0. The predicted octanol–water partition coefficient (Wildman–Crippen LogP) is 5.07. The normalized spacial score (nSPS) is 13.1. The van der Waals surface area contributed by atoms with Gasteiger partial charge in [0, 0.05) is 0 Å². The van der Waals surface area contributed by atoms with Crippen LogP contribution >= 0.6 is 0 Å². The first-order valence-electron chi connectivity index (χ1n) is 7.97. The van der Waals surface area contributed by atoms with Gasteiger partial charge in [-0.05, 0) is 35.1 Å². The zero-order valence-corrected chi connectivity index (χ0v) is 13.7. The second-order valence-corrected chi connectivity index (χ2v) is 6.26. The van der Waals surface area contributed by atoms with E-state index < -0.39 is 0 Å². The Morgan fingerprint density at radius 1 is 0.857 bits per heavy atom. The van der Waals surface area contributed by atoms with Gasteiger partial charge in [0.1, 0.15) is 0 Å². The molecule has 0 saturated heterocycles. The maximum Gasteiger partial charge on any atom is 0.0576 e. The summed E-state index contributed by atoms with van der Waals surface area (Å²) in [5.41, 5.74) is 4.32. The Bertz CT molecular complexity index is 540. The number of nitrogens with one attached hydrogen (secondary N) is 1. The first kappa shape index (κ1) is 15.8. The molecule has 1 unspecified atom stereocenters. The van der Waals surface area contributed by atoms with Crippen molar-refractivity contribution in [3.05, 3.63) is 71.3 Å². The van der Waals surface area contributed by atoms with Crippen molar-refractivity contribution in [1.82, 2.24) is 5.32 Å². The Kier molecular flexibility index (Phi) is 5.19. The second-order valence-electron chi connectivity index (χ2n) is 6.26. The second kappa shape index (κ2) is 6.91. The van der Waals surface area contributed by atoms with E-state index in [0.29, 0.717) is 0 Å². The molecule has 0 fully saturated rings. The first-order chi connectivity index (χ1) is 10.1. The lowest BCUT2D eigenvalue weighted by atomic mass is 9.81. The third-order valence-electron chi connectivity index (χ3n) is 4.45. The summed E-state index contributed by atoms with van der Waals surface area (Å²) in [7, 11) is 0. The van der Waals surface area contributed by atoms with Crippen molar-refractivity contribution in [2.45, 2.75) is 45.6 Å². The highest BCUT2D eigenvalue weighted by atomic mass is 14.9. The first-order valence-corrected chi connectivity index (χ1v) is 7.97. The molecule has 0 spiro atoms. The van der Waals surface area contributed by atoms with Gasteiger partial charge in [-0.15, -0.1) is 0 Å². The Hall–Kier alpha value is -1.60. The zero-order chi connectivity index (χ0) is 15.3. The Balaban J connectivity index is 2.30. The van der Waals surface area contributed by atoms with Crippen LogP contribution < -0.4 is 5.32 Å². The van der Waals surface area contributed by atoms with Gasteiger partial charge in [-0.1, -0.05) is 82.3 Å². The average Bonchev–Trinajstić information content (AvgIpc) is 2.53. The minimum Gasteiger partial charge on any atom is -0.307 e. The van der Waals surface area contributed by atoms with Crippen LogP contribution in [0.4, 0.5) is 0 Å². The molecule has 2 aromatic carbocycles. The SMILES string of the molecule is CCNC(c1ccccc1)c1ccc(C(C)(C)CC)cc1. The molecule has 1 nitrogen and oxygen atoms in total. The molecule has 1 atom stereocenters. The van der Waals surface area contributed by atoms with Crippen LogP contribution in [0, 0.1) is 0 Å². The van der Waals surface area contributed by atoms with E-state index in [-0.39, 0.29) is 11.5 Å². The van der Waals surface area contributed by atoms with Crippen molar-refractivity contribution >= 4 is 0 Å². The Morgan fingerprint density at radius 3 is 1.95 bits per heavy atom. The molecule has 2 rings (SSSR count). The lowest BCUT2D eigenvalue weighted by Crippen LogP contribution is -2.22. The van der Waals surface area contributed by atoms with E-state index in [2.05, 4.69) is 87.6 Å². The molecule has 0 aliphatic carbocycles. The molecule has 0 aliphatic heterocycles. The van der Waals surface area contributed by atoms with Gasteiger partial charge in [0.2, 0.25) is 0 Å². The summed E-state index contributed by atoms with van der Waals surface area (Å²) < 4.78 is 0. The smallest absolute Gasteiger partial charge is 0.0576 e. The summed E-state index contributed by atoms with van der Waals surface area (Å²) in [5, 5.41) is 3.59. The van der Waals surface area contributed by atoms with Crippen molar-refractivity contribution in [2.24, 2.45) is 0 Å². The van der Waals surface area contributed by atoms with Gasteiger partial charge in [0.25, 0.3) is 0 Å². The van der Waals surface area contributed by atoms with E-state index in [1.54, 1.807) is 0 Å². The monoisotopic (exact) mass is 281 g/mol. The maximum atomic E-state index is 3.59. The van der Waals surface area contributed by atoms with E-state index in [0.717, 1.165) is 13.0 Å². The molecule has 0 amide bonds. The van der Waals surface area contributed by atoms with Crippen LogP contribution in [-0.2, 0) is 5.41 Å². The van der Waals surface area contributed by atoms with Gasteiger partial charge >= 0.3 is 0 Å². The van der Waals surface area contributed by atoms with Gasteiger partial charge in [-0.2, -0.15) is 0 Å². The largest absolute Gasteiger partial charge is 0.307 e. The van der Waals surface area contributed by atoms with E-state index in [9.17, 15) is 0 Å². The van der Waals surface area contributed by atoms with Crippen LogP contribution in [0.5, 0.6) is 0 Å². The molecular weight excluding hydrogens is 254 g/mol. The zero-order valence-electron chi connectivity index (χ0n) is 13.7. The molecule has 21 heavy (non-hydrogen) atoms. The Morgan fingerprint density at radius 2 is 1.43 bits per heavy atom. The number of benzene rings is 2. The van der Waals surface area contributed by atoms with Gasteiger partial charge in [-0.25, -0.2) is 0 Å². The third kappa shape index (κ3) is 3.74. The summed E-state index contributed by atoms with van der Waals surface area (Å²) in [6.45, 7) is 9.98. The van der Waals surface area contributed by atoms with Crippen molar-refractivity contribution in [3.63, 3.8) is 0 Å². The van der Waals surface area contributed by atoms with E-state index in [1.807, 2.05) is 0 Å². The minimum atomic E-state index is 0.249. The Labute approximate surface area is 129 Å². The fourth-order valence-electron chi connectivity index (χ4n) is 2.61. The lowest BCUT2D eigenvalue weighted by molar-refractivity contribution is 0.505. The van der Waals surface area contributed by atoms with Gasteiger partial charge in [0.15, 0.2) is 0 Å². The van der Waals surface area contributed by atoms with Crippen LogP contribution in [0.25, 0.3) is 0 Å². The van der Waals surface area contributed by atoms with E-state index in [4.69, 9.17) is 0 Å². The maximum absolute atomic E-state index is 3.59. The molecular formula is C20H27N. The fourth-order valence-corrected chi connectivity index (χ4v) is 2.61. The highest BCUT2D eigenvalue weighted by molar-refractivity contribution is 5.35. The topological polar surface area (TPSA) is 12.0 Å². The molecule has 0 aromatic heterocycles. The molecule has 2 aromatic rings. The van der Waals surface area contributed by atoms with Gasteiger partial charge < -0.3 is 5.32 Å². The molecule has 112 valence electrons. The highest BCUT2D eigenvalue weighted by Crippen LogP contribution is 2.29. The van der Waals surface area contributed by atoms with E-state index in [1.165, 1.54) is 16.7 Å². The van der Waals surface area contributed by atoms with Gasteiger partial charge in [-0.3, -0.25) is 0 Å². The summed E-state index contributed by atoms with van der Waals surface area (Å²) in [4.78, 5) is 0. The molecule has 0 heterocycles. The average molecular weight is 281 g/mol. The summed E-state index contributed by atoms with van der Waals surface area (Å²) >= 11 is 0. The van der Waals surface area contributed by atoms with Crippen molar-refractivity contribution < 1.29 is 0 Å². The fraction of sp³-hybridized carbons (Fsp3) is 0.400. The van der Waals surface area contributed by atoms with Crippen LogP contribution in [0.2, 0.25) is 0 Å². The predicted molar refractivity (Wildman–Crippen MR) is 91.7 cm³/mol. The molecule has 0 bridgehead atoms. The number of hydrogen-bond donors (Lipinski definition) is 1.